The number of carbonyl (C=O) groups excluding carboxylic acids is 1. The molecule has 0 heterocycles. The lowest BCUT2D eigenvalue weighted by Crippen LogP contribution is -2.28. The number of halogens is 2. The van der Waals surface area contributed by atoms with Gasteiger partial charge < -0.3 is 14.8 Å². The second kappa shape index (κ2) is 7.09. The van der Waals surface area contributed by atoms with Crippen LogP contribution in [0.15, 0.2) is 36.4 Å². The van der Waals surface area contributed by atoms with E-state index in [1.54, 1.807) is 25.1 Å². The van der Waals surface area contributed by atoms with E-state index in [1.165, 1.54) is 26.4 Å². The van der Waals surface area contributed by atoms with Gasteiger partial charge in [0.1, 0.15) is 11.5 Å². The highest BCUT2D eigenvalue weighted by atomic mass is 19.2. The van der Waals surface area contributed by atoms with Crippen LogP contribution in [0.1, 0.15) is 28.9 Å². The Morgan fingerprint density at radius 1 is 1.13 bits per heavy atom. The lowest BCUT2D eigenvalue weighted by atomic mass is 10.1. The fourth-order valence-electron chi connectivity index (χ4n) is 2.21. The Kier molecular flexibility index (Phi) is 5.16. The molecule has 1 unspecified atom stereocenters. The standard InChI is InChI=1S/C17H17F2NO3/c1-10(13-9-11(22-2)7-8-15(13)23-3)20-17(21)12-5-4-6-14(18)16(12)19/h4-10H,1-3H3,(H,20,21). The van der Waals surface area contributed by atoms with Gasteiger partial charge in [0, 0.05) is 5.56 Å². The van der Waals surface area contributed by atoms with Crippen LogP contribution in [-0.2, 0) is 0 Å². The van der Waals surface area contributed by atoms with E-state index in [1.807, 2.05) is 0 Å². The highest BCUT2D eigenvalue weighted by Crippen LogP contribution is 2.29. The predicted octanol–water partition coefficient (Wildman–Crippen LogP) is 3.47. The van der Waals surface area contributed by atoms with Gasteiger partial charge in [0.15, 0.2) is 11.6 Å². The Labute approximate surface area is 133 Å². The third kappa shape index (κ3) is 3.59. The molecule has 0 radical (unpaired) electrons. The van der Waals surface area contributed by atoms with Gasteiger partial charge in [-0.2, -0.15) is 0 Å². The summed E-state index contributed by atoms with van der Waals surface area (Å²) in [4.78, 5) is 12.2. The first-order valence-electron chi connectivity index (χ1n) is 6.94. The molecule has 0 aliphatic heterocycles. The smallest absolute Gasteiger partial charge is 0.254 e. The van der Waals surface area contributed by atoms with Crippen LogP contribution >= 0.6 is 0 Å². The van der Waals surface area contributed by atoms with Gasteiger partial charge in [0.25, 0.3) is 5.91 Å². The van der Waals surface area contributed by atoms with Gasteiger partial charge in [0.05, 0.1) is 25.8 Å². The van der Waals surface area contributed by atoms with Gasteiger partial charge in [-0.3, -0.25) is 4.79 Å². The molecule has 23 heavy (non-hydrogen) atoms. The van der Waals surface area contributed by atoms with Gasteiger partial charge in [-0.05, 0) is 37.3 Å². The molecule has 2 aromatic carbocycles. The molecule has 0 aliphatic rings. The van der Waals surface area contributed by atoms with E-state index in [0.29, 0.717) is 17.1 Å². The van der Waals surface area contributed by atoms with E-state index in [9.17, 15) is 13.6 Å². The van der Waals surface area contributed by atoms with Crippen molar-refractivity contribution in [2.24, 2.45) is 0 Å². The summed E-state index contributed by atoms with van der Waals surface area (Å²) in [5, 5.41) is 2.63. The number of nitrogens with one attached hydrogen (secondary N) is 1. The summed E-state index contributed by atoms with van der Waals surface area (Å²) in [5.74, 6) is -1.80. The van der Waals surface area contributed by atoms with Crippen molar-refractivity contribution in [2.75, 3.05) is 14.2 Å². The number of benzene rings is 2. The molecule has 0 aromatic heterocycles. The first-order chi connectivity index (χ1) is 11.0. The van der Waals surface area contributed by atoms with E-state index < -0.39 is 23.6 Å². The second-order valence-electron chi connectivity index (χ2n) is 4.90. The molecule has 0 fully saturated rings. The molecular weight excluding hydrogens is 304 g/mol. The van der Waals surface area contributed by atoms with E-state index in [-0.39, 0.29) is 5.56 Å². The molecular formula is C17H17F2NO3. The highest BCUT2D eigenvalue weighted by molar-refractivity contribution is 5.94. The van der Waals surface area contributed by atoms with E-state index in [2.05, 4.69) is 5.32 Å². The minimum Gasteiger partial charge on any atom is -0.497 e. The first-order valence-corrected chi connectivity index (χ1v) is 6.94. The Morgan fingerprint density at radius 3 is 2.52 bits per heavy atom. The average molecular weight is 321 g/mol. The molecule has 6 heteroatoms. The van der Waals surface area contributed by atoms with Crippen molar-refractivity contribution in [2.45, 2.75) is 13.0 Å². The minimum atomic E-state index is -1.17. The van der Waals surface area contributed by atoms with Crippen LogP contribution < -0.4 is 14.8 Å². The molecule has 1 atom stereocenters. The maximum Gasteiger partial charge on any atom is 0.254 e. The highest BCUT2D eigenvalue weighted by Gasteiger charge is 2.19. The minimum absolute atomic E-state index is 0.348. The summed E-state index contributed by atoms with van der Waals surface area (Å²) in [6, 6.07) is 8.12. The molecule has 2 rings (SSSR count). The van der Waals surface area contributed by atoms with Crippen LogP contribution in [0.4, 0.5) is 8.78 Å². The molecule has 4 nitrogen and oxygen atoms in total. The number of carbonyl (C=O) groups is 1. The van der Waals surface area contributed by atoms with E-state index in [4.69, 9.17) is 9.47 Å². The Hall–Kier alpha value is -2.63. The molecule has 1 N–H and O–H groups in total. The third-order valence-electron chi connectivity index (χ3n) is 3.45. The SMILES string of the molecule is COc1ccc(OC)c(C(C)NC(=O)c2cccc(F)c2F)c1. The van der Waals surface area contributed by atoms with Gasteiger partial charge in [-0.15, -0.1) is 0 Å². The lowest BCUT2D eigenvalue weighted by Gasteiger charge is -2.18. The van der Waals surface area contributed by atoms with Crippen molar-refractivity contribution in [3.05, 3.63) is 59.2 Å². The van der Waals surface area contributed by atoms with Crippen LogP contribution in [0, 0.1) is 11.6 Å². The average Bonchev–Trinajstić information content (AvgIpc) is 2.56. The Balaban J connectivity index is 2.26. The van der Waals surface area contributed by atoms with E-state index in [0.717, 1.165) is 6.07 Å². The second-order valence-corrected chi connectivity index (χ2v) is 4.90. The quantitative estimate of drug-likeness (QED) is 0.917. The van der Waals surface area contributed by atoms with Crippen LogP contribution in [0.25, 0.3) is 0 Å². The normalized spacial score (nSPS) is 11.7. The number of hydrogen-bond donors (Lipinski definition) is 1. The molecule has 2 aromatic rings. The topological polar surface area (TPSA) is 47.6 Å². The van der Waals surface area contributed by atoms with Crippen molar-refractivity contribution in [3.63, 3.8) is 0 Å². The van der Waals surface area contributed by atoms with E-state index >= 15 is 0 Å². The number of methoxy groups -OCH3 is 2. The van der Waals surface area contributed by atoms with Crippen molar-refractivity contribution in [3.8, 4) is 11.5 Å². The van der Waals surface area contributed by atoms with Gasteiger partial charge in [0.2, 0.25) is 0 Å². The van der Waals surface area contributed by atoms with Crippen molar-refractivity contribution >= 4 is 5.91 Å². The van der Waals surface area contributed by atoms with Crippen molar-refractivity contribution in [1.82, 2.24) is 5.32 Å². The number of rotatable bonds is 5. The fraction of sp³-hybridized carbons (Fsp3) is 0.235. The number of hydrogen-bond acceptors (Lipinski definition) is 3. The predicted molar refractivity (Wildman–Crippen MR) is 81.8 cm³/mol. The van der Waals surface area contributed by atoms with Crippen LogP contribution in [0.2, 0.25) is 0 Å². The third-order valence-corrected chi connectivity index (χ3v) is 3.45. The largest absolute Gasteiger partial charge is 0.497 e. The molecule has 0 aliphatic carbocycles. The molecule has 122 valence electrons. The summed E-state index contributed by atoms with van der Waals surface area (Å²) in [6.07, 6.45) is 0. The number of ether oxygens (including phenoxy) is 2. The summed E-state index contributed by atoms with van der Waals surface area (Å²) >= 11 is 0. The maximum atomic E-state index is 13.7. The number of amides is 1. The van der Waals surface area contributed by atoms with Crippen molar-refractivity contribution < 1.29 is 23.0 Å². The Morgan fingerprint density at radius 2 is 1.87 bits per heavy atom. The summed E-state index contributed by atoms with van der Waals surface area (Å²) in [6.45, 7) is 1.71. The molecule has 0 saturated carbocycles. The lowest BCUT2D eigenvalue weighted by molar-refractivity contribution is 0.0934. The summed E-state index contributed by atoms with van der Waals surface area (Å²) < 4.78 is 37.3. The Bertz CT molecular complexity index is 719. The van der Waals surface area contributed by atoms with Gasteiger partial charge >= 0.3 is 0 Å². The zero-order chi connectivity index (χ0) is 17.0. The van der Waals surface area contributed by atoms with Crippen LogP contribution in [0.5, 0.6) is 11.5 Å². The van der Waals surface area contributed by atoms with Gasteiger partial charge in [-0.1, -0.05) is 6.07 Å². The van der Waals surface area contributed by atoms with Crippen molar-refractivity contribution in [1.29, 1.82) is 0 Å². The van der Waals surface area contributed by atoms with Gasteiger partial charge in [-0.25, -0.2) is 8.78 Å². The maximum absolute atomic E-state index is 13.7. The molecule has 0 spiro atoms. The summed E-state index contributed by atoms with van der Waals surface area (Å²) in [7, 11) is 3.03. The van der Waals surface area contributed by atoms with Crippen LogP contribution in [-0.4, -0.2) is 20.1 Å². The molecule has 0 saturated heterocycles. The zero-order valence-electron chi connectivity index (χ0n) is 13.0. The molecule has 0 bridgehead atoms. The first kappa shape index (κ1) is 16.7. The molecule has 1 amide bonds. The fourth-order valence-corrected chi connectivity index (χ4v) is 2.21. The summed E-state index contributed by atoms with van der Waals surface area (Å²) in [5.41, 5.74) is 0.315. The monoisotopic (exact) mass is 321 g/mol. The van der Waals surface area contributed by atoms with Crippen LogP contribution in [0.3, 0.4) is 0 Å². The zero-order valence-corrected chi connectivity index (χ0v) is 13.0.